The summed E-state index contributed by atoms with van der Waals surface area (Å²) in [5.41, 5.74) is 1.58. The van der Waals surface area contributed by atoms with Crippen molar-refractivity contribution < 1.29 is 19.4 Å². The lowest BCUT2D eigenvalue weighted by Crippen LogP contribution is -2.54. The lowest BCUT2D eigenvalue weighted by atomic mass is 10.1. The van der Waals surface area contributed by atoms with Gasteiger partial charge in [-0.1, -0.05) is 6.07 Å². The zero-order valence-electron chi connectivity index (χ0n) is 17.7. The number of nitrogens with zero attached hydrogens (tertiary/aromatic N) is 2. The quantitative estimate of drug-likeness (QED) is 0.391. The van der Waals surface area contributed by atoms with Gasteiger partial charge < -0.3 is 14.7 Å². The molecule has 1 heterocycles. The Hall–Kier alpha value is -3.39. The second kappa shape index (κ2) is 9.61. The maximum atomic E-state index is 13.2. The first-order chi connectivity index (χ1) is 14.9. The van der Waals surface area contributed by atoms with Crippen molar-refractivity contribution in [2.24, 2.45) is 0 Å². The van der Waals surface area contributed by atoms with Gasteiger partial charge in [0.05, 0.1) is 12.3 Å². The summed E-state index contributed by atoms with van der Waals surface area (Å²) in [5.74, 6) is -0.618. The highest BCUT2D eigenvalue weighted by molar-refractivity contribution is 7.80. The summed E-state index contributed by atoms with van der Waals surface area (Å²) in [6.07, 6.45) is 1.38. The number of nitrogens with one attached hydrogen (secondary N) is 1. The molecule has 1 aliphatic rings. The third kappa shape index (κ3) is 4.69. The van der Waals surface area contributed by atoms with Crippen LogP contribution in [0.5, 0.6) is 11.5 Å². The number of ether oxygens (including phenoxy) is 1. The zero-order valence-corrected chi connectivity index (χ0v) is 18.5. The Bertz CT molecular complexity index is 1050. The Morgan fingerprint density at radius 1 is 1.13 bits per heavy atom. The number of aromatic hydroxyl groups is 1. The van der Waals surface area contributed by atoms with Crippen LogP contribution < -0.4 is 19.9 Å². The van der Waals surface area contributed by atoms with Gasteiger partial charge in [-0.2, -0.15) is 0 Å². The molecule has 3 rings (SSSR count). The number of benzene rings is 2. The Morgan fingerprint density at radius 2 is 1.87 bits per heavy atom. The number of rotatable bonds is 7. The summed E-state index contributed by atoms with van der Waals surface area (Å²) in [4.78, 5) is 29.0. The van der Waals surface area contributed by atoms with Gasteiger partial charge in [0.2, 0.25) is 0 Å². The molecule has 0 bridgehead atoms. The standard InChI is InChI=1S/C23H25N3O4S/c1-4-25(5-2)16-11-10-15(20(27)14-16)12-19-21(28)24-23(31)26(22(19)29)17-8-7-9-18(13-17)30-6-3/h7-14,27H,4-6H2,1-3H3,(H,24,28,31)/b19-12-. The molecule has 1 fully saturated rings. The van der Waals surface area contributed by atoms with E-state index in [1.165, 1.54) is 11.0 Å². The lowest BCUT2D eigenvalue weighted by Gasteiger charge is -2.29. The molecular formula is C23H25N3O4S. The van der Waals surface area contributed by atoms with E-state index in [4.69, 9.17) is 17.0 Å². The van der Waals surface area contributed by atoms with Crippen molar-refractivity contribution >= 4 is 46.6 Å². The molecule has 0 aliphatic carbocycles. The van der Waals surface area contributed by atoms with Crippen molar-refractivity contribution in [1.82, 2.24) is 5.32 Å². The van der Waals surface area contributed by atoms with E-state index in [9.17, 15) is 14.7 Å². The van der Waals surface area contributed by atoms with Gasteiger partial charge in [0, 0.05) is 36.5 Å². The molecule has 0 spiro atoms. The summed E-state index contributed by atoms with van der Waals surface area (Å²) < 4.78 is 5.50. The van der Waals surface area contributed by atoms with Crippen LogP contribution in [0.25, 0.3) is 6.08 Å². The minimum atomic E-state index is -0.612. The molecule has 31 heavy (non-hydrogen) atoms. The summed E-state index contributed by atoms with van der Waals surface area (Å²) >= 11 is 5.24. The molecule has 162 valence electrons. The van der Waals surface area contributed by atoms with Crippen molar-refractivity contribution in [3.05, 3.63) is 53.6 Å². The van der Waals surface area contributed by atoms with E-state index in [-0.39, 0.29) is 16.4 Å². The molecule has 2 aromatic carbocycles. The van der Waals surface area contributed by atoms with E-state index >= 15 is 0 Å². The van der Waals surface area contributed by atoms with Gasteiger partial charge in [0.15, 0.2) is 5.11 Å². The number of anilines is 2. The molecule has 0 radical (unpaired) electrons. The fraction of sp³-hybridized carbons (Fsp3) is 0.261. The number of hydrogen-bond donors (Lipinski definition) is 2. The monoisotopic (exact) mass is 439 g/mol. The minimum absolute atomic E-state index is 0.0121. The summed E-state index contributed by atoms with van der Waals surface area (Å²) in [7, 11) is 0. The topological polar surface area (TPSA) is 82.1 Å². The lowest BCUT2D eigenvalue weighted by molar-refractivity contribution is -0.122. The molecule has 0 aromatic heterocycles. The highest BCUT2D eigenvalue weighted by Gasteiger charge is 2.34. The molecular weight excluding hydrogens is 414 g/mol. The summed E-state index contributed by atoms with van der Waals surface area (Å²) in [6.45, 7) is 7.99. The van der Waals surface area contributed by atoms with Crippen LogP contribution >= 0.6 is 12.2 Å². The Kier molecular flexibility index (Phi) is 6.91. The van der Waals surface area contributed by atoms with E-state index in [1.54, 1.807) is 36.4 Å². The second-order valence-corrected chi connectivity index (χ2v) is 7.19. The van der Waals surface area contributed by atoms with Gasteiger partial charge >= 0.3 is 0 Å². The summed E-state index contributed by atoms with van der Waals surface area (Å²) in [5, 5.41) is 13.0. The highest BCUT2D eigenvalue weighted by atomic mass is 32.1. The Labute approximate surface area is 186 Å². The molecule has 8 heteroatoms. The molecule has 2 amide bonds. The fourth-order valence-corrected chi connectivity index (χ4v) is 3.65. The van der Waals surface area contributed by atoms with E-state index in [0.717, 1.165) is 18.8 Å². The highest BCUT2D eigenvalue weighted by Crippen LogP contribution is 2.29. The van der Waals surface area contributed by atoms with Crippen LogP contribution in [0, 0.1) is 0 Å². The number of carbonyl (C=O) groups excluding carboxylic acids is 2. The number of carbonyl (C=O) groups is 2. The third-order valence-electron chi connectivity index (χ3n) is 4.93. The van der Waals surface area contributed by atoms with Crippen molar-refractivity contribution in [2.45, 2.75) is 20.8 Å². The average molecular weight is 440 g/mol. The number of amides is 2. The second-order valence-electron chi connectivity index (χ2n) is 6.80. The molecule has 2 aromatic rings. The first kappa shape index (κ1) is 22.3. The molecule has 0 atom stereocenters. The molecule has 1 aliphatic heterocycles. The fourth-order valence-electron chi connectivity index (χ4n) is 3.37. The summed E-state index contributed by atoms with van der Waals surface area (Å²) in [6, 6.07) is 12.1. The van der Waals surface area contributed by atoms with Crippen molar-refractivity contribution in [3.63, 3.8) is 0 Å². The smallest absolute Gasteiger partial charge is 0.270 e. The SMILES string of the molecule is CCOc1cccc(N2C(=O)/C(=C\c3ccc(N(CC)CC)cc3O)C(=O)NC2=S)c1. The zero-order chi connectivity index (χ0) is 22.5. The number of phenols is 1. The van der Waals surface area contributed by atoms with Crippen molar-refractivity contribution in [2.75, 3.05) is 29.5 Å². The first-order valence-electron chi connectivity index (χ1n) is 10.1. The number of thiocarbonyl (C=S) groups is 1. The van der Waals surface area contributed by atoms with Gasteiger partial charge in [0.1, 0.15) is 17.1 Å². The van der Waals surface area contributed by atoms with Crippen LogP contribution in [-0.4, -0.2) is 41.7 Å². The van der Waals surface area contributed by atoms with Crippen LogP contribution in [0.2, 0.25) is 0 Å². The minimum Gasteiger partial charge on any atom is -0.507 e. The van der Waals surface area contributed by atoms with Gasteiger partial charge in [-0.3, -0.25) is 19.8 Å². The van der Waals surface area contributed by atoms with Crippen LogP contribution in [0.4, 0.5) is 11.4 Å². The normalized spacial score (nSPS) is 15.3. The van der Waals surface area contributed by atoms with Gasteiger partial charge in [-0.25, -0.2) is 0 Å². The number of phenolic OH excluding ortho intramolecular Hbond substituents is 1. The molecule has 7 nitrogen and oxygen atoms in total. The Morgan fingerprint density at radius 3 is 2.52 bits per heavy atom. The van der Waals surface area contributed by atoms with Crippen molar-refractivity contribution in [1.29, 1.82) is 0 Å². The molecule has 1 saturated heterocycles. The molecule has 2 N–H and O–H groups in total. The van der Waals surface area contributed by atoms with E-state index in [2.05, 4.69) is 10.2 Å². The van der Waals surface area contributed by atoms with E-state index < -0.39 is 11.8 Å². The Balaban J connectivity index is 1.97. The largest absolute Gasteiger partial charge is 0.507 e. The van der Waals surface area contributed by atoms with Gasteiger partial charge in [-0.15, -0.1) is 0 Å². The average Bonchev–Trinajstić information content (AvgIpc) is 2.73. The predicted molar refractivity (Wildman–Crippen MR) is 125 cm³/mol. The van der Waals surface area contributed by atoms with E-state index in [1.807, 2.05) is 26.8 Å². The maximum Gasteiger partial charge on any atom is 0.270 e. The number of hydrogen-bond acceptors (Lipinski definition) is 6. The van der Waals surface area contributed by atoms with Gasteiger partial charge in [0.25, 0.3) is 11.8 Å². The molecule has 0 saturated carbocycles. The third-order valence-corrected chi connectivity index (χ3v) is 5.22. The van der Waals surface area contributed by atoms with Gasteiger partial charge in [-0.05, 0) is 63.3 Å². The molecule has 0 unspecified atom stereocenters. The van der Waals surface area contributed by atoms with Crippen LogP contribution in [-0.2, 0) is 9.59 Å². The van der Waals surface area contributed by atoms with Crippen molar-refractivity contribution in [3.8, 4) is 11.5 Å². The van der Waals surface area contributed by atoms with E-state index in [0.29, 0.717) is 23.6 Å². The maximum absolute atomic E-state index is 13.2. The first-order valence-corrected chi connectivity index (χ1v) is 10.5. The predicted octanol–water partition coefficient (Wildman–Crippen LogP) is 3.47. The van der Waals surface area contributed by atoms with Crippen LogP contribution in [0.1, 0.15) is 26.3 Å². The van der Waals surface area contributed by atoms with Crippen LogP contribution in [0.15, 0.2) is 48.0 Å². The van der Waals surface area contributed by atoms with Crippen LogP contribution in [0.3, 0.4) is 0 Å².